The molecule has 1 aromatic carbocycles. The Balaban J connectivity index is 1.22. The van der Waals surface area contributed by atoms with Crippen LogP contribution in [0.3, 0.4) is 0 Å². The van der Waals surface area contributed by atoms with Crippen LogP contribution in [0.5, 0.6) is 0 Å². The Kier molecular flexibility index (Phi) is 4.43. The van der Waals surface area contributed by atoms with Gasteiger partial charge in [0.05, 0.1) is 11.0 Å². The summed E-state index contributed by atoms with van der Waals surface area (Å²) in [5, 5.41) is 13.2. The lowest BCUT2D eigenvalue weighted by molar-refractivity contribution is -0.168. The molecule has 0 spiro atoms. The van der Waals surface area contributed by atoms with Crippen molar-refractivity contribution in [2.45, 2.75) is 64.8 Å². The summed E-state index contributed by atoms with van der Waals surface area (Å²) in [4.78, 5) is 20.5. The van der Waals surface area contributed by atoms with E-state index < -0.39 is 0 Å². The van der Waals surface area contributed by atoms with Gasteiger partial charge in [0, 0.05) is 31.9 Å². The van der Waals surface area contributed by atoms with E-state index in [1.165, 1.54) is 23.2 Å². The second-order valence-electron chi connectivity index (χ2n) is 11.1. The number of aryl methyl sites for hydroxylation is 2. The van der Waals surface area contributed by atoms with E-state index in [1.54, 1.807) is 0 Å². The van der Waals surface area contributed by atoms with Crippen LogP contribution in [0, 0.1) is 38.0 Å². The van der Waals surface area contributed by atoms with Gasteiger partial charge in [0.15, 0.2) is 5.82 Å². The summed E-state index contributed by atoms with van der Waals surface area (Å²) in [6.07, 6.45) is 6.47. The number of carbonyl (C=O) groups excluding carboxylic acids is 1. The van der Waals surface area contributed by atoms with E-state index in [4.69, 9.17) is 0 Å². The molecule has 170 valence electrons. The van der Waals surface area contributed by atoms with Gasteiger partial charge in [-0.1, -0.05) is 12.1 Å². The van der Waals surface area contributed by atoms with E-state index in [1.807, 2.05) is 11.7 Å². The summed E-state index contributed by atoms with van der Waals surface area (Å²) in [7, 11) is 0. The van der Waals surface area contributed by atoms with E-state index in [0.717, 1.165) is 64.1 Å². The first kappa shape index (κ1) is 20.2. The topological polar surface area (TPSA) is 67.2 Å². The molecule has 1 aromatic heterocycles. The van der Waals surface area contributed by atoms with Crippen LogP contribution in [0.15, 0.2) is 18.2 Å². The zero-order valence-electron chi connectivity index (χ0n) is 19.5. The van der Waals surface area contributed by atoms with Crippen molar-refractivity contribution in [3.05, 3.63) is 35.2 Å². The standard InChI is InChI=1S/C25H34N6O/c1-17-5-4-6-22(18(17)2)29-7-9-30(10-8-29)23(32)24-12-20-11-21(13-24)15-25(14-20,16-24)31-27-19(3)26-28-31/h4-6,20-21H,7-16H2,1-3H3/t20-,21-,24?,25?/m0/s1. The number of nitrogens with zero attached hydrogens (tertiary/aromatic N) is 6. The fourth-order valence-electron chi connectivity index (χ4n) is 7.75. The van der Waals surface area contributed by atoms with Crippen LogP contribution in [0.25, 0.3) is 0 Å². The summed E-state index contributed by atoms with van der Waals surface area (Å²) in [5.41, 5.74) is 3.66. The highest BCUT2D eigenvalue weighted by molar-refractivity contribution is 5.84. The van der Waals surface area contributed by atoms with Crippen LogP contribution >= 0.6 is 0 Å². The Morgan fingerprint density at radius 1 is 1.00 bits per heavy atom. The van der Waals surface area contributed by atoms with Gasteiger partial charge in [0.1, 0.15) is 0 Å². The molecular weight excluding hydrogens is 400 g/mol. The largest absolute Gasteiger partial charge is 0.368 e. The summed E-state index contributed by atoms with van der Waals surface area (Å²) in [6.45, 7) is 9.74. The smallest absolute Gasteiger partial charge is 0.229 e. The summed E-state index contributed by atoms with van der Waals surface area (Å²) in [6, 6.07) is 6.53. The van der Waals surface area contributed by atoms with E-state index in [2.05, 4.69) is 57.3 Å². The quantitative estimate of drug-likeness (QED) is 0.742. The Hall–Kier alpha value is -2.44. The zero-order chi connectivity index (χ0) is 22.1. The van der Waals surface area contributed by atoms with Crippen LogP contribution in [-0.4, -0.2) is 57.2 Å². The summed E-state index contributed by atoms with van der Waals surface area (Å²) < 4.78 is 0. The van der Waals surface area contributed by atoms with Gasteiger partial charge in [-0.25, -0.2) is 0 Å². The number of rotatable bonds is 3. The van der Waals surface area contributed by atoms with Crippen molar-refractivity contribution in [3.63, 3.8) is 0 Å². The number of tetrazole rings is 1. The molecule has 2 atom stereocenters. The number of aromatic nitrogens is 4. The average Bonchev–Trinajstić information content (AvgIpc) is 3.22. The van der Waals surface area contributed by atoms with Crippen molar-refractivity contribution in [1.82, 2.24) is 25.1 Å². The van der Waals surface area contributed by atoms with E-state index >= 15 is 0 Å². The highest BCUT2D eigenvalue weighted by Crippen LogP contribution is 2.64. The number of piperazine rings is 1. The zero-order valence-corrected chi connectivity index (χ0v) is 19.5. The van der Waals surface area contributed by atoms with E-state index in [-0.39, 0.29) is 11.0 Å². The van der Waals surface area contributed by atoms with E-state index in [0.29, 0.717) is 17.7 Å². The van der Waals surface area contributed by atoms with E-state index in [9.17, 15) is 4.79 Å². The van der Waals surface area contributed by atoms with Crippen LogP contribution in [0.2, 0.25) is 0 Å². The molecule has 5 aliphatic rings. The Bertz CT molecular complexity index is 1040. The third-order valence-corrected chi connectivity index (χ3v) is 8.91. The summed E-state index contributed by atoms with van der Waals surface area (Å²) >= 11 is 0. The van der Waals surface area contributed by atoms with Crippen molar-refractivity contribution in [1.29, 1.82) is 0 Å². The first-order valence-corrected chi connectivity index (χ1v) is 12.3. The average molecular weight is 435 g/mol. The van der Waals surface area contributed by atoms with Crippen LogP contribution in [0.1, 0.15) is 55.5 Å². The molecule has 32 heavy (non-hydrogen) atoms. The van der Waals surface area contributed by atoms with Gasteiger partial charge in [-0.3, -0.25) is 4.79 Å². The maximum Gasteiger partial charge on any atom is 0.229 e. The molecule has 1 saturated heterocycles. The number of hydrogen-bond acceptors (Lipinski definition) is 5. The molecule has 0 radical (unpaired) electrons. The second-order valence-corrected chi connectivity index (χ2v) is 11.1. The fraction of sp³-hybridized carbons (Fsp3) is 0.680. The van der Waals surface area contributed by atoms with Crippen molar-refractivity contribution in [2.75, 3.05) is 31.1 Å². The molecule has 1 amide bonds. The SMILES string of the molecule is Cc1nnn(C23C[C@H]4C[C@@H](CC(C(=O)N5CCN(c6cccc(C)c6C)CC5)(C4)C2)C3)n1. The first-order valence-electron chi connectivity index (χ1n) is 12.3. The minimum Gasteiger partial charge on any atom is -0.368 e. The number of hydrogen-bond donors (Lipinski definition) is 0. The van der Waals surface area contributed by atoms with Crippen LogP contribution in [-0.2, 0) is 10.3 Å². The third-order valence-electron chi connectivity index (χ3n) is 8.91. The molecule has 5 fully saturated rings. The Morgan fingerprint density at radius 2 is 1.72 bits per heavy atom. The molecule has 4 aliphatic carbocycles. The van der Waals surface area contributed by atoms with Gasteiger partial charge in [0.2, 0.25) is 5.91 Å². The second kappa shape index (κ2) is 7.03. The molecule has 2 heterocycles. The minimum absolute atomic E-state index is 0.110. The van der Waals surface area contributed by atoms with Crippen molar-refractivity contribution in [3.8, 4) is 0 Å². The molecule has 7 heteroatoms. The van der Waals surface area contributed by atoms with Crippen molar-refractivity contribution < 1.29 is 4.79 Å². The fourth-order valence-corrected chi connectivity index (χ4v) is 7.75. The number of carbonyl (C=O) groups is 1. The molecule has 0 unspecified atom stereocenters. The molecule has 7 nitrogen and oxygen atoms in total. The molecule has 4 bridgehead atoms. The number of anilines is 1. The van der Waals surface area contributed by atoms with Gasteiger partial charge < -0.3 is 9.80 Å². The minimum atomic E-state index is -0.229. The predicted molar refractivity (Wildman–Crippen MR) is 122 cm³/mol. The first-order chi connectivity index (χ1) is 15.4. The number of amides is 1. The van der Waals surface area contributed by atoms with Gasteiger partial charge in [-0.2, -0.15) is 4.80 Å². The van der Waals surface area contributed by atoms with Crippen molar-refractivity contribution >= 4 is 11.6 Å². The molecule has 4 saturated carbocycles. The normalized spacial score (nSPS) is 33.7. The Morgan fingerprint density at radius 3 is 2.38 bits per heavy atom. The van der Waals surface area contributed by atoms with Gasteiger partial charge >= 0.3 is 0 Å². The van der Waals surface area contributed by atoms with Crippen LogP contribution in [0.4, 0.5) is 5.69 Å². The molecule has 7 rings (SSSR count). The third kappa shape index (κ3) is 3.00. The lowest BCUT2D eigenvalue weighted by atomic mass is 9.46. The molecule has 0 N–H and O–H groups in total. The van der Waals surface area contributed by atoms with Gasteiger partial charge in [-0.15, -0.1) is 10.2 Å². The van der Waals surface area contributed by atoms with Crippen LogP contribution < -0.4 is 4.90 Å². The highest BCUT2D eigenvalue weighted by atomic mass is 16.2. The van der Waals surface area contributed by atoms with Gasteiger partial charge in [0.25, 0.3) is 0 Å². The number of benzene rings is 1. The van der Waals surface area contributed by atoms with Gasteiger partial charge in [-0.05, 0) is 93.5 Å². The molecular formula is C25H34N6O. The molecule has 1 aliphatic heterocycles. The van der Waals surface area contributed by atoms with Crippen molar-refractivity contribution in [2.24, 2.45) is 17.3 Å². The Labute approximate surface area is 190 Å². The maximum absolute atomic E-state index is 14.0. The predicted octanol–water partition coefficient (Wildman–Crippen LogP) is 3.24. The highest BCUT2D eigenvalue weighted by Gasteiger charge is 2.63. The lowest BCUT2D eigenvalue weighted by Crippen LogP contribution is -2.63. The summed E-state index contributed by atoms with van der Waals surface area (Å²) in [5.74, 6) is 2.35. The lowest BCUT2D eigenvalue weighted by Gasteiger charge is -2.61. The molecule has 2 aromatic rings. The maximum atomic E-state index is 14.0. The monoisotopic (exact) mass is 434 g/mol.